The van der Waals surface area contributed by atoms with Crippen molar-refractivity contribution < 1.29 is 14.3 Å². The van der Waals surface area contributed by atoms with Crippen molar-refractivity contribution in [2.75, 3.05) is 18.5 Å². The number of anilines is 1. The topological polar surface area (TPSA) is 47.6 Å². The minimum absolute atomic E-state index is 0.152. The van der Waals surface area contributed by atoms with Gasteiger partial charge in [0.15, 0.2) is 0 Å². The fraction of sp³-hybridized carbons (Fsp3) is 0.381. The smallest absolute Gasteiger partial charge is 0.255 e. The molecule has 0 bridgehead atoms. The van der Waals surface area contributed by atoms with E-state index < -0.39 is 0 Å². The van der Waals surface area contributed by atoms with E-state index in [1.165, 1.54) is 0 Å². The molecule has 0 unspecified atom stereocenters. The molecule has 2 aromatic carbocycles. The van der Waals surface area contributed by atoms with Crippen molar-refractivity contribution in [2.24, 2.45) is 5.92 Å². The first-order valence-electron chi connectivity index (χ1n) is 8.85. The maximum atomic E-state index is 12.4. The van der Waals surface area contributed by atoms with Crippen LogP contribution in [0.25, 0.3) is 0 Å². The van der Waals surface area contributed by atoms with Crippen LogP contribution in [0.4, 0.5) is 5.69 Å². The van der Waals surface area contributed by atoms with Gasteiger partial charge in [0, 0.05) is 17.3 Å². The molecule has 0 aliphatic rings. The van der Waals surface area contributed by atoms with Crippen molar-refractivity contribution in [1.29, 1.82) is 0 Å². The lowest BCUT2D eigenvalue weighted by Crippen LogP contribution is -2.12. The van der Waals surface area contributed by atoms with Gasteiger partial charge in [-0.2, -0.15) is 0 Å². The molecule has 4 heteroatoms. The summed E-state index contributed by atoms with van der Waals surface area (Å²) < 4.78 is 11.3. The second kappa shape index (κ2) is 9.72. The van der Waals surface area contributed by atoms with Gasteiger partial charge in [0.2, 0.25) is 0 Å². The molecule has 0 fully saturated rings. The standard InChI is InChI=1S/C21H27NO3/c1-4-13-24-19-10-8-17(9-11-19)21(23)22-18-6-5-7-20(15-18)25-14-12-16(2)3/h5-11,15-16H,4,12-14H2,1-3H3,(H,22,23). The molecule has 134 valence electrons. The summed E-state index contributed by atoms with van der Waals surface area (Å²) >= 11 is 0. The first kappa shape index (κ1) is 18.8. The van der Waals surface area contributed by atoms with Crippen LogP contribution in [0, 0.1) is 5.92 Å². The molecule has 25 heavy (non-hydrogen) atoms. The number of ether oxygens (including phenoxy) is 2. The maximum absolute atomic E-state index is 12.4. The zero-order chi connectivity index (χ0) is 18.1. The molecule has 0 radical (unpaired) electrons. The number of benzene rings is 2. The van der Waals surface area contributed by atoms with Crippen LogP contribution in [-0.2, 0) is 0 Å². The van der Waals surface area contributed by atoms with Crippen LogP contribution < -0.4 is 14.8 Å². The lowest BCUT2D eigenvalue weighted by molar-refractivity contribution is 0.102. The van der Waals surface area contributed by atoms with Crippen LogP contribution in [0.5, 0.6) is 11.5 Å². The van der Waals surface area contributed by atoms with Gasteiger partial charge < -0.3 is 14.8 Å². The van der Waals surface area contributed by atoms with Crippen molar-refractivity contribution in [3.63, 3.8) is 0 Å². The molecule has 2 aromatic rings. The summed E-state index contributed by atoms with van der Waals surface area (Å²) in [6, 6.07) is 14.6. The number of carbonyl (C=O) groups is 1. The van der Waals surface area contributed by atoms with E-state index in [1.807, 2.05) is 36.4 Å². The van der Waals surface area contributed by atoms with Gasteiger partial charge in [-0.15, -0.1) is 0 Å². The summed E-state index contributed by atoms with van der Waals surface area (Å²) in [6.45, 7) is 7.74. The molecular formula is C21H27NO3. The van der Waals surface area contributed by atoms with E-state index in [-0.39, 0.29) is 5.91 Å². The minimum Gasteiger partial charge on any atom is -0.494 e. The Morgan fingerprint density at radius 3 is 2.40 bits per heavy atom. The Hall–Kier alpha value is -2.49. The zero-order valence-corrected chi connectivity index (χ0v) is 15.2. The molecular weight excluding hydrogens is 314 g/mol. The normalized spacial score (nSPS) is 10.6. The molecule has 1 N–H and O–H groups in total. The third kappa shape index (κ3) is 6.49. The van der Waals surface area contributed by atoms with Gasteiger partial charge in [0.25, 0.3) is 5.91 Å². The van der Waals surface area contributed by atoms with Gasteiger partial charge in [-0.25, -0.2) is 0 Å². The number of hydrogen-bond acceptors (Lipinski definition) is 3. The fourth-order valence-corrected chi connectivity index (χ4v) is 2.20. The highest BCUT2D eigenvalue weighted by Crippen LogP contribution is 2.19. The van der Waals surface area contributed by atoms with E-state index in [4.69, 9.17) is 9.47 Å². The van der Waals surface area contributed by atoms with E-state index in [0.717, 1.165) is 30.0 Å². The quantitative estimate of drug-likeness (QED) is 0.686. The Kier molecular flexibility index (Phi) is 7.33. The second-order valence-electron chi connectivity index (χ2n) is 6.39. The third-order valence-corrected chi connectivity index (χ3v) is 3.65. The minimum atomic E-state index is -0.152. The molecule has 0 spiro atoms. The average Bonchev–Trinajstić information content (AvgIpc) is 2.60. The zero-order valence-electron chi connectivity index (χ0n) is 15.2. The molecule has 0 aliphatic carbocycles. The highest BCUT2D eigenvalue weighted by atomic mass is 16.5. The summed E-state index contributed by atoms with van der Waals surface area (Å²) in [7, 11) is 0. The van der Waals surface area contributed by atoms with Crippen molar-refractivity contribution in [3.8, 4) is 11.5 Å². The van der Waals surface area contributed by atoms with E-state index in [0.29, 0.717) is 24.7 Å². The van der Waals surface area contributed by atoms with Crippen molar-refractivity contribution in [2.45, 2.75) is 33.6 Å². The number of rotatable bonds is 9. The van der Waals surface area contributed by atoms with Crippen molar-refractivity contribution >= 4 is 11.6 Å². The van der Waals surface area contributed by atoms with E-state index >= 15 is 0 Å². The molecule has 2 rings (SSSR count). The maximum Gasteiger partial charge on any atom is 0.255 e. The Bertz CT molecular complexity index is 665. The predicted octanol–water partition coefficient (Wildman–Crippen LogP) is 5.15. The summed E-state index contributed by atoms with van der Waals surface area (Å²) in [5.74, 6) is 1.99. The Morgan fingerprint density at radius 2 is 1.72 bits per heavy atom. The summed E-state index contributed by atoms with van der Waals surface area (Å²) in [5, 5.41) is 2.90. The molecule has 0 aliphatic heterocycles. The van der Waals surface area contributed by atoms with Gasteiger partial charge in [0.1, 0.15) is 11.5 Å². The largest absolute Gasteiger partial charge is 0.494 e. The monoisotopic (exact) mass is 341 g/mol. The van der Waals surface area contributed by atoms with Crippen LogP contribution in [0.15, 0.2) is 48.5 Å². The van der Waals surface area contributed by atoms with Gasteiger partial charge in [-0.05, 0) is 55.2 Å². The van der Waals surface area contributed by atoms with E-state index in [9.17, 15) is 4.79 Å². The molecule has 0 saturated heterocycles. The van der Waals surface area contributed by atoms with Crippen LogP contribution in [-0.4, -0.2) is 19.1 Å². The fourth-order valence-electron chi connectivity index (χ4n) is 2.20. The highest BCUT2D eigenvalue weighted by Gasteiger charge is 2.07. The predicted molar refractivity (Wildman–Crippen MR) is 102 cm³/mol. The second-order valence-corrected chi connectivity index (χ2v) is 6.39. The lowest BCUT2D eigenvalue weighted by atomic mass is 10.1. The number of hydrogen-bond donors (Lipinski definition) is 1. The summed E-state index contributed by atoms with van der Waals surface area (Å²) in [5.41, 5.74) is 1.31. The highest BCUT2D eigenvalue weighted by molar-refractivity contribution is 6.04. The van der Waals surface area contributed by atoms with Gasteiger partial charge in [0.05, 0.1) is 13.2 Å². The molecule has 0 saturated carbocycles. The molecule has 0 aromatic heterocycles. The molecule has 0 atom stereocenters. The van der Waals surface area contributed by atoms with Gasteiger partial charge >= 0.3 is 0 Å². The van der Waals surface area contributed by atoms with Crippen LogP contribution in [0.2, 0.25) is 0 Å². The Morgan fingerprint density at radius 1 is 1.00 bits per heavy atom. The van der Waals surface area contributed by atoms with Gasteiger partial charge in [-0.3, -0.25) is 4.79 Å². The Labute approximate surface area is 150 Å². The third-order valence-electron chi connectivity index (χ3n) is 3.65. The van der Waals surface area contributed by atoms with Crippen LogP contribution in [0.1, 0.15) is 44.0 Å². The van der Waals surface area contributed by atoms with E-state index in [2.05, 4.69) is 26.1 Å². The first-order valence-corrected chi connectivity index (χ1v) is 8.85. The first-order chi connectivity index (χ1) is 12.1. The van der Waals surface area contributed by atoms with Crippen LogP contribution in [0.3, 0.4) is 0 Å². The average molecular weight is 341 g/mol. The SMILES string of the molecule is CCCOc1ccc(C(=O)Nc2cccc(OCCC(C)C)c2)cc1. The lowest BCUT2D eigenvalue weighted by Gasteiger charge is -2.10. The molecule has 4 nitrogen and oxygen atoms in total. The molecule has 1 amide bonds. The Balaban J connectivity index is 1.93. The van der Waals surface area contributed by atoms with Crippen molar-refractivity contribution in [1.82, 2.24) is 0 Å². The number of nitrogens with one attached hydrogen (secondary N) is 1. The summed E-state index contributed by atoms with van der Waals surface area (Å²) in [6.07, 6.45) is 1.96. The van der Waals surface area contributed by atoms with E-state index in [1.54, 1.807) is 12.1 Å². The van der Waals surface area contributed by atoms with Crippen molar-refractivity contribution in [3.05, 3.63) is 54.1 Å². The number of carbonyl (C=O) groups excluding carboxylic acids is 1. The van der Waals surface area contributed by atoms with Gasteiger partial charge in [-0.1, -0.05) is 26.8 Å². The summed E-state index contributed by atoms with van der Waals surface area (Å²) in [4.78, 5) is 12.4. The molecule has 0 heterocycles. The van der Waals surface area contributed by atoms with Crippen LogP contribution >= 0.6 is 0 Å². The number of amides is 1.